The Labute approximate surface area is 251 Å². The van der Waals surface area contributed by atoms with Crippen molar-refractivity contribution in [2.45, 2.75) is 31.1 Å². The van der Waals surface area contributed by atoms with Gasteiger partial charge in [0.2, 0.25) is 0 Å². The molecule has 214 valence electrons. The Bertz CT molecular complexity index is 1710. The van der Waals surface area contributed by atoms with E-state index in [1.807, 2.05) is 116 Å². The number of ether oxygens (including phenoxy) is 1. The standard InChI is InChI=1S/C37H32N2O4/c1-25(30-24-14-22-26-15-12-13-23-31(26)30)38-34(36(41)43-2)33(35(40)29-20-10-5-11-21-29)39(37(38)42)32(27-16-6-3-7-17-27)28-18-8-4-9-19-28/h3-25,32-34H,1-2H3. The van der Waals surface area contributed by atoms with Gasteiger partial charge in [0.15, 0.2) is 11.8 Å². The predicted molar refractivity (Wildman–Crippen MR) is 167 cm³/mol. The van der Waals surface area contributed by atoms with Gasteiger partial charge in [-0.15, -0.1) is 0 Å². The summed E-state index contributed by atoms with van der Waals surface area (Å²) >= 11 is 0. The number of nitrogens with zero attached hydrogens (tertiary/aromatic N) is 2. The van der Waals surface area contributed by atoms with Gasteiger partial charge in [-0.3, -0.25) is 4.79 Å². The van der Waals surface area contributed by atoms with Gasteiger partial charge in [-0.1, -0.05) is 133 Å². The molecule has 1 aliphatic rings. The van der Waals surface area contributed by atoms with Crippen LogP contribution < -0.4 is 0 Å². The summed E-state index contributed by atoms with van der Waals surface area (Å²) in [6, 6.07) is 38.0. The van der Waals surface area contributed by atoms with E-state index in [0.717, 1.165) is 27.5 Å². The van der Waals surface area contributed by atoms with Crippen LogP contribution in [0.2, 0.25) is 0 Å². The molecule has 0 bridgehead atoms. The van der Waals surface area contributed by atoms with Gasteiger partial charge in [-0.25, -0.2) is 9.59 Å². The van der Waals surface area contributed by atoms with Gasteiger partial charge in [-0.05, 0) is 34.4 Å². The quantitative estimate of drug-likeness (QED) is 0.146. The molecule has 6 nitrogen and oxygen atoms in total. The number of carbonyl (C=O) groups is 3. The van der Waals surface area contributed by atoms with Crippen LogP contribution in [0.1, 0.15) is 46.1 Å². The van der Waals surface area contributed by atoms with Crippen molar-refractivity contribution in [3.05, 3.63) is 156 Å². The molecular weight excluding hydrogens is 536 g/mol. The summed E-state index contributed by atoms with van der Waals surface area (Å²) in [6.45, 7) is 1.91. The van der Waals surface area contributed by atoms with Gasteiger partial charge in [0.1, 0.15) is 6.04 Å². The Morgan fingerprint density at radius 2 is 1.19 bits per heavy atom. The Hall–Kier alpha value is -5.23. The molecule has 1 fully saturated rings. The predicted octanol–water partition coefficient (Wildman–Crippen LogP) is 7.22. The molecule has 0 aromatic heterocycles. The zero-order valence-electron chi connectivity index (χ0n) is 24.0. The summed E-state index contributed by atoms with van der Waals surface area (Å²) in [5.41, 5.74) is 2.95. The highest BCUT2D eigenvalue weighted by Gasteiger charge is 2.57. The highest BCUT2D eigenvalue weighted by Crippen LogP contribution is 2.42. The highest BCUT2D eigenvalue weighted by atomic mass is 16.5. The first-order valence-corrected chi connectivity index (χ1v) is 14.4. The lowest BCUT2D eigenvalue weighted by Gasteiger charge is -2.33. The monoisotopic (exact) mass is 568 g/mol. The molecule has 0 aliphatic carbocycles. The summed E-state index contributed by atoms with van der Waals surface area (Å²) < 4.78 is 5.33. The van der Waals surface area contributed by atoms with E-state index in [4.69, 9.17) is 4.74 Å². The maximum absolute atomic E-state index is 14.9. The van der Waals surface area contributed by atoms with E-state index in [2.05, 4.69) is 0 Å². The third-order valence-electron chi connectivity index (χ3n) is 8.31. The van der Waals surface area contributed by atoms with Crippen LogP contribution in [0.5, 0.6) is 0 Å². The van der Waals surface area contributed by atoms with Crippen LogP contribution in [0.15, 0.2) is 133 Å². The minimum atomic E-state index is -1.19. The van der Waals surface area contributed by atoms with E-state index >= 15 is 0 Å². The highest BCUT2D eigenvalue weighted by molar-refractivity contribution is 6.08. The van der Waals surface area contributed by atoms with Gasteiger partial charge in [0.05, 0.1) is 19.2 Å². The second-order valence-electron chi connectivity index (χ2n) is 10.7. The molecule has 1 aliphatic heterocycles. The molecule has 0 saturated carbocycles. The molecule has 1 saturated heterocycles. The van der Waals surface area contributed by atoms with Crippen molar-refractivity contribution in [2.24, 2.45) is 0 Å². The minimum absolute atomic E-state index is 0.325. The maximum atomic E-state index is 14.9. The van der Waals surface area contributed by atoms with Crippen LogP contribution in [-0.4, -0.2) is 46.8 Å². The number of benzene rings is 5. The number of amides is 2. The fourth-order valence-electron chi connectivity index (χ4n) is 6.31. The fourth-order valence-corrected chi connectivity index (χ4v) is 6.31. The van der Waals surface area contributed by atoms with Crippen LogP contribution >= 0.6 is 0 Å². The van der Waals surface area contributed by atoms with E-state index in [9.17, 15) is 14.4 Å². The second-order valence-corrected chi connectivity index (χ2v) is 10.7. The van der Waals surface area contributed by atoms with Crippen LogP contribution in [0.25, 0.3) is 10.8 Å². The van der Waals surface area contributed by atoms with Crippen LogP contribution in [0.3, 0.4) is 0 Å². The fraction of sp³-hybridized carbons (Fsp3) is 0.162. The van der Waals surface area contributed by atoms with Crippen molar-refractivity contribution in [2.75, 3.05) is 7.11 Å². The van der Waals surface area contributed by atoms with Crippen molar-refractivity contribution >= 4 is 28.6 Å². The first-order valence-electron chi connectivity index (χ1n) is 14.4. The van der Waals surface area contributed by atoms with Gasteiger partial charge in [0.25, 0.3) is 0 Å². The van der Waals surface area contributed by atoms with Crippen LogP contribution in [0, 0.1) is 0 Å². The van der Waals surface area contributed by atoms with Gasteiger partial charge in [0, 0.05) is 5.56 Å². The number of methoxy groups -OCH3 is 1. The van der Waals surface area contributed by atoms with Crippen LogP contribution in [0.4, 0.5) is 4.79 Å². The molecule has 5 aromatic rings. The Kier molecular flexibility index (Phi) is 7.75. The van der Waals surface area contributed by atoms with Gasteiger partial charge in [-0.2, -0.15) is 0 Å². The summed E-state index contributed by atoms with van der Waals surface area (Å²) in [4.78, 5) is 46.3. The third kappa shape index (κ3) is 5.06. The Morgan fingerprint density at radius 3 is 1.79 bits per heavy atom. The molecule has 1 heterocycles. The van der Waals surface area contributed by atoms with Crippen molar-refractivity contribution in [3.63, 3.8) is 0 Å². The number of esters is 1. The molecule has 43 heavy (non-hydrogen) atoms. The smallest absolute Gasteiger partial charge is 0.331 e. The average Bonchev–Trinajstić information content (AvgIpc) is 3.37. The van der Waals surface area contributed by atoms with E-state index in [0.29, 0.717) is 5.56 Å². The number of Topliss-reactive ketones (excluding diaryl/α,β-unsaturated/α-hetero) is 1. The SMILES string of the molecule is COC(=O)C1C(C(=O)c2ccccc2)N(C(c2ccccc2)c2ccccc2)C(=O)N1C(C)c1cccc2ccccc12. The average molecular weight is 569 g/mol. The maximum Gasteiger partial charge on any atom is 0.331 e. The molecule has 3 atom stereocenters. The van der Waals surface area contributed by atoms with E-state index < -0.39 is 36.2 Å². The second kappa shape index (κ2) is 11.9. The molecular formula is C37H32N2O4. The number of rotatable bonds is 8. The van der Waals surface area contributed by atoms with Crippen molar-refractivity contribution in [1.29, 1.82) is 0 Å². The number of urea groups is 1. The Balaban J connectivity index is 1.58. The first kappa shape index (κ1) is 27.9. The zero-order chi connectivity index (χ0) is 29.9. The first-order chi connectivity index (χ1) is 21.0. The zero-order valence-corrected chi connectivity index (χ0v) is 24.0. The molecule has 6 heteroatoms. The van der Waals surface area contributed by atoms with Gasteiger partial charge >= 0.3 is 12.0 Å². The molecule has 6 rings (SSSR count). The van der Waals surface area contributed by atoms with E-state index in [1.54, 1.807) is 29.2 Å². The molecule has 0 N–H and O–H groups in total. The van der Waals surface area contributed by atoms with Crippen molar-refractivity contribution in [3.8, 4) is 0 Å². The van der Waals surface area contributed by atoms with E-state index in [-0.39, 0.29) is 5.78 Å². The third-order valence-corrected chi connectivity index (χ3v) is 8.31. The molecule has 0 radical (unpaired) electrons. The van der Waals surface area contributed by atoms with Crippen LogP contribution in [-0.2, 0) is 9.53 Å². The summed E-state index contributed by atoms with van der Waals surface area (Å²) in [5.74, 6) is -0.967. The summed E-state index contributed by atoms with van der Waals surface area (Å²) in [7, 11) is 1.30. The van der Waals surface area contributed by atoms with E-state index in [1.165, 1.54) is 12.0 Å². The summed E-state index contributed by atoms with van der Waals surface area (Å²) in [5, 5.41) is 1.99. The lowest BCUT2D eigenvalue weighted by Crippen LogP contribution is -2.49. The topological polar surface area (TPSA) is 66.9 Å². The molecule has 5 aromatic carbocycles. The number of fused-ring (bicyclic) bond motifs is 1. The summed E-state index contributed by atoms with van der Waals surface area (Å²) in [6.07, 6.45) is 0. The number of hydrogen-bond donors (Lipinski definition) is 0. The molecule has 2 amide bonds. The van der Waals surface area contributed by atoms with Crippen molar-refractivity contribution < 1.29 is 19.1 Å². The molecule has 0 spiro atoms. The lowest BCUT2D eigenvalue weighted by atomic mass is 9.91. The largest absolute Gasteiger partial charge is 0.467 e. The molecule has 3 unspecified atom stereocenters. The number of ketones is 1. The van der Waals surface area contributed by atoms with Crippen molar-refractivity contribution in [1.82, 2.24) is 9.80 Å². The Morgan fingerprint density at radius 1 is 0.651 bits per heavy atom. The normalized spacial score (nSPS) is 17.3. The minimum Gasteiger partial charge on any atom is -0.467 e. The van der Waals surface area contributed by atoms with Gasteiger partial charge < -0.3 is 14.5 Å². The number of carbonyl (C=O) groups excluding carboxylic acids is 3. The number of hydrogen-bond acceptors (Lipinski definition) is 4. The lowest BCUT2D eigenvalue weighted by molar-refractivity contribution is -0.146.